The summed E-state index contributed by atoms with van der Waals surface area (Å²) >= 11 is 0. The van der Waals surface area contributed by atoms with Crippen LogP contribution in [-0.2, 0) is 11.3 Å². The van der Waals surface area contributed by atoms with Crippen LogP contribution in [0.15, 0.2) is 66.7 Å². The summed E-state index contributed by atoms with van der Waals surface area (Å²) in [7, 11) is 1.30. The molecule has 9 heteroatoms. The van der Waals surface area contributed by atoms with E-state index in [1.807, 2.05) is 18.2 Å². The van der Waals surface area contributed by atoms with Crippen LogP contribution in [0, 0.1) is 17.0 Å². The van der Waals surface area contributed by atoms with Crippen molar-refractivity contribution >= 4 is 28.9 Å². The van der Waals surface area contributed by atoms with Crippen LogP contribution < -0.4 is 10.2 Å². The second-order valence-corrected chi connectivity index (χ2v) is 8.63. The number of rotatable bonds is 7. The second-order valence-electron chi connectivity index (χ2n) is 8.63. The number of esters is 1. The van der Waals surface area contributed by atoms with E-state index in [1.54, 1.807) is 31.2 Å². The number of carbonyl (C=O) groups is 2. The van der Waals surface area contributed by atoms with Crippen LogP contribution in [0.4, 0.5) is 17.1 Å². The van der Waals surface area contributed by atoms with Crippen molar-refractivity contribution in [2.45, 2.75) is 13.5 Å². The molecule has 1 aliphatic heterocycles. The molecule has 0 spiro atoms. The third-order valence-corrected chi connectivity index (χ3v) is 6.37. The SMILES string of the molecule is COC(=O)c1ccc(N2CCN(Cc3ccccc3)CC2)c(NC(=O)c2cccc([N+](=O)[O-])c2C)c1. The van der Waals surface area contributed by atoms with E-state index in [2.05, 4.69) is 27.2 Å². The van der Waals surface area contributed by atoms with Crippen molar-refractivity contribution in [3.05, 3.63) is 99.1 Å². The maximum Gasteiger partial charge on any atom is 0.337 e. The molecule has 0 unspecified atom stereocenters. The Morgan fingerprint density at radius 2 is 1.72 bits per heavy atom. The van der Waals surface area contributed by atoms with Gasteiger partial charge in [-0.25, -0.2) is 4.79 Å². The first-order chi connectivity index (χ1) is 17.4. The molecule has 1 fully saturated rings. The summed E-state index contributed by atoms with van der Waals surface area (Å²) in [4.78, 5) is 40.7. The zero-order valence-electron chi connectivity index (χ0n) is 20.3. The minimum atomic E-state index is -0.517. The maximum absolute atomic E-state index is 13.2. The Kier molecular flexibility index (Phi) is 7.60. The molecule has 3 aromatic rings. The summed E-state index contributed by atoms with van der Waals surface area (Å²) in [5.41, 5.74) is 3.14. The number of hydrogen-bond acceptors (Lipinski definition) is 7. The zero-order chi connectivity index (χ0) is 25.7. The van der Waals surface area contributed by atoms with Crippen LogP contribution in [0.3, 0.4) is 0 Å². The fraction of sp³-hybridized carbons (Fsp3) is 0.259. The lowest BCUT2D eigenvalue weighted by Gasteiger charge is -2.37. The topological polar surface area (TPSA) is 105 Å². The van der Waals surface area contributed by atoms with Gasteiger partial charge in [-0.1, -0.05) is 36.4 Å². The number of nitro groups is 1. The Hall–Kier alpha value is -4.24. The van der Waals surface area contributed by atoms with Gasteiger partial charge in [-0.05, 0) is 36.8 Å². The van der Waals surface area contributed by atoms with Gasteiger partial charge < -0.3 is 15.0 Å². The molecule has 0 radical (unpaired) electrons. The highest BCUT2D eigenvalue weighted by atomic mass is 16.6. The number of ether oxygens (including phenoxy) is 1. The van der Waals surface area contributed by atoms with Gasteiger partial charge in [-0.15, -0.1) is 0 Å². The fourth-order valence-electron chi connectivity index (χ4n) is 4.40. The third-order valence-electron chi connectivity index (χ3n) is 6.37. The lowest BCUT2D eigenvalue weighted by molar-refractivity contribution is -0.385. The number of nitrogens with zero attached hydrogens (tertiary/aromatic N) is 3. The van der Waals surface area contributed by atoms with Gasteiger partial charge >= 0.3 is 5.97 Å². The van der Waals surface area contributed by atoms with E-state index in [4.69, 9.17) is 4.74 Å². The van der Waals surface area contributed by atoms with Crippen molar-refractivity contribution in [3.8, 4) is 0 Å². The Morgan fingerprint density at radius 3 is 2.39 bits per heavy atom. The predicted octanol–water partition coefficient (Wildman–Crippen LogP) is 4.26. The number of carbonyl (C=O) groups excluding carboxylic acids is 2. The van der Waals surface area contributed by atoms with E-state index in [-0.39, 0.29) is 16.8 Å². The Bertz CT molecular complexity index is 1270. The number of nitrogens with one attached hydrogen (secondary N) is 1. The molecule has 3 aromatic carbocycles. The van der Waals surface area contributed by atoms with E-state index in [0.717, 1.165) is 38.4 Å². The summed E-state index contributed by atoms with van der Waals surface area (Å²) in [5.74, 6) is -1.00. The highest BCUT2D eigenvalue weighted by Gasteiger charge is 2.23. The molecular formula is C27H28N4O5. The van der Waals surface area contributed by atoms with Crippen LogP contribution in [0.2, 0.25) is 0 Å². The first-order valence-electron chi connectivity index (χ1n) is 11.7. The zero-order valence-corrected chi connectivity index (χ0v) is 20.3. The lowest BCUT2D eigenvalue weighted by Crippen LogP contribution is -2.46. The summed E-state index contributed by atoms with van der Waals surface area (Å²) in [5, 5.41) is 14.2. The molecule has 0 aromatic heterocycles. The van der Waals surface area contributed by atoms with Crippen LogP contribution >= 0.6 is 0 Å². The number of nitro benzene ring substituents is 1. The standard InChI is InChI=1S/C27H28N4O5/c1-19-22(9-6-10-24(19)31(34)35)26(32)28-23-17-21(27(33)36-2)11-12-25(23)30-15-13-29(14-16-30)18-20-7-4-3-5-8-20/h3-12,17H,13-16,18H2,1-2H3,(H,28,32). The van der Waals surface area contributed by atoms with Crippen molar-refractivity contribution in [2.75, 3.05) is 43.5 Å². The highest BCUT2D eigenvalue weighted by Crippen LogP contribution is 2.30. The monoisotopic (exact) mass is 488 g/mol. The third kappa shape index (κ3) is 5.52. The molecular weight excluding hydrogens is 460 g/mol. The molecule has 0 bridgehead atoms. The molecule has 0 atom stereocenters. The van der Waals surface area contributed by atoms with Crippen LogP contribution in [0.25, 0.3) is 0 Å². The summed E-state index contributed by atoms with van der Waals surface area (Å²) < 4.78 is 4.85. The number of hydrogen-bond donors (Lipinski definition) is 1. The van der Waals surface area contributed by atoms with Gasteiger partial charge in [0.15, 0.2) is 0 Å². The summed E-state index contributed by atoms with van der Waals surface area (Å²) in [6.45, 7) is 5.57. The molecule has 1 saturated heterocycles. The van der Waals surface area contributed by atoms with Gasteiger partial charge in [0.1, 0.15) is 0 Å². The van der Waals surface area contributed by atoms with Crippen LogP contribution in [0.5, 0.6) is 0 Å². The summed E-state index contributed by atoms with van der Waals surface area (Å²) in [6, 6.07) is 19.8. The minimum absolute atomic E-state index is 0.124. The molecule has 4 rings (SSSR count). The maximum atomic E-state index is 13.2. The van der Waals surface area contributed by atoms with Crippen molar-refractivity contribution in [1.82, 2.24) is 4.90 Å². The van der Waals surface area contributed by atoms with E-state index >= 15 is 0 Å². The number of amides is 1. The molecule has 36 heavy (non-hydrogen) atoms. The van der Waals surface area contributed by atoms with Crippen molar-refractivity contribution < 1.29 is 19.2 Å². The fourth-order valence-corrected chi connectivity index (χ4v) is 4.40. The van der Waals surface area contributed by atoms with E-state index in [1.165, 1.54) is 24.8 Å². The molecule has 1 heterocycles. The Labute approximate surface area is 209 Å². The Morgan fingerprint density at radius 1 is 1.00 bits per heavy atom. The molecule has 0 saturated carbocycles. The van der Waals surface area contributed by atoms with Crippen molar-refractivity contribution in [3.63, 3.8) is 0 Å². The number of anilines is 2. The van der Waals surface area contributed by atoms with Gasteiger partial charge in [0, 0.05) is 49.9 Å². The molecule has 1 amide bonds. The second kappa shape index (κ2) is 11.0. The smallest absolute Gasteiger partial charge is 0.337 e. The molecule has 1 N–H and O–H groups in total. The molecule has 1 aliphatic rings. The van der Waals surface area contributed by atoms with E-state index < -0.39 is 16.8 Å². The molecule has 186 valence electrons. The summed E-state index contributed by atoms with van der Waals surface area (Å²) in [6.07, 6.45) is 0. The van der Waals surface area contributed by atoms with Gasteiger partial charge in [-0.2, -0.15) is 0 Å². The predicted molar refractivity (Wildman–Crippen MR) is 138 cm³/mol. The first-order valence-corrected chi connectivity index (χ1v) is 11.7. The molecule has 9 nitrogen and oxygen atoms in total. The number of methoxy groups -OCH3 is 1. The van der Waals surface area contributed by atoms with E-state index in [9.17, 15) is 19.7 Å². The van der Waals surface area contributed by atoms with Crippen LogP contribution in [0.1, 0.15) is 31.8 Å². The molecule has 0 aliphatic carbocycles. The number of benzene rings is 3. The van der Waals surface area contributed by atoms with Gasteiger partial charge in [0.25, 0.3) is 11.6 Å². The highest BCUT2D eigenvalue weighted by molar-refractivity contribution is 6.08. The van der Waals surface area contributed by atoms with Gasteiger partial charge in [0.05, 0.1) is 29.0 Å². The first kappa shape index (κ1) is 24.9. The average molecular weight is 489 g/mol. The van der Waals surface area contributed by atoms with Crippen molar-refractivity contribution in [2.24, 2.45) is 0 Å². The van der Waals surface area contributed by atoms with Gasteiger partial charge in [-0.3, -0.25) is 19.8 Å². The lowest BCUT2D eigenvalue weighted by atomic mass is 10.1. The van der Waals surface area contributed by atoms with Crippen LogP contribution in [-0.4, -0.2) is 55.0 Å². The van der Waals surface area contributed by atoms with E-state index in [0.29, 0.717) is 11.3 Å². The minimum Gasteiger partial charge on any atom is -0.465 e. The number of piperazine rings is 1. The van der Waals surface area contributed by atoms with Gasteiger partial charge in [0.2, 0.25) is 0 Å². The largest absolute Gasteiger partial charge is 0.465 e. The normalized spacial score (nSPS) is 13.8. The quantitative estimate of drug-likeness (QED) is 0.301. The average Bonchev–Trinajstić information content (AvgIpc) is 2.89. The Balaban J connectivity index is 1.56. The van der Waals surface area contributed by atoms with Crippen molar-refractivity contribution in [1.29, 1.82) is 0 Å².